The highest BCUT2D eigenvalue weighted by Crippen LogP contribution is 2.36. The van der Waals surface area contributed by atoms with Gasteiger partial charge < -0.3 is 0 Å². The number of hydrogen-bond donors (Lipinski definition) is 0. The molecule has 8 aromatic rings. The van der Waals surface area contributed by atoms with Crippen LogP contribution in [-0.2, 0) is 0 Å². The number of para-hydroxylation sites is 1. The second-order valence-corrected chi connectivity index (χ2v) is 10.4. The number of rotatable bonds is 3. The van der Waals surface area contributed by atoms with Gasteiger partial charge in [0.05, 0.1) is 15.9 Å². The van der Waals surface area contributed by atoms with E-state index < -0.39 is 0 Å². The Morgan fingerprint density at radius 2 is 1.26 bits per heavy atom. The van der Waals surface area contributed by atoms with E-state index in [1.807, 2.05) is 30.5 Å². The van der Waals surface area contributed by atoms with Crippen molar-refractivity contribution in [1.29, 1.82) is 0 Å². The molecule has 4 aromatic carbocycles. The molecule has 0 spiro atoms. The van der Waals surface area contributed by atoms with Crippen LogP contribution in [0.2, 0.25) is 0 Å². The summed E-state index contributed by atoms with van der Waals surface area (Å²) in [6.07, 6.45) is 2.03. The lowest BCUT2D eigenvalue weighted by molar-refractivity contribution is 1.19. The van der Waals surface area contributed by atoms with Gasteiger partial charge in [-0.3, -0.25) is 4.40 Å². The number of imidazole rings is 1. The van der Waals surface area contributed by atoms with E-state index in [9.17, 15) is 0 Å². The van der Waals surface area contributed by atoms with Gasteiger partial charge in [0.15, 0.2) is 5.65 Å². The van der Waals surface area contributed by atoms with Crippen LogP contribution in [0.3, 0.4) is 0 Å². The van der Waals surface area contributed by atoms with Crippen LogP contribution in [0.25, 0.3) is 70.8 Å². The van der Waals surface area contributed by atoms with E-state index in [1.54, 1.807) is 11.3 Å². The third-order valence-electron chi connectivity index (χ3n) is 7.03. The molecule has 38 heavy (non-hydrogen) atoms. The summed E-state index contributed by atoms with van der Waals surface area (Å²) < 4.78 is 3.27. The molecular formula is C33H20N4S. The molecule has 0 amide bonds. The minimum absolute atomic E-state index is 0.873. The molecule has 8 rings (SSSR count). The predicted molar refractivity (Wildman–Crippen MR) is 157 cm³/mol. The highest BCUT2D eigenvalue weighted by molar-refractivity contribution is 7.21. The van der Waals surface area contributed by atoms with Crippen molar-refractivity contribution in [2.45, 2.75) is 0 Å². The van der Waals surface area contributed by atoms with Crippen LogP contribution in [0.1, 0.15) is 0 Å². The summed E-state index contributed by atoms with van der Waals surface area (Å²) in [7, 11) is 0. The van der Waals surface area contributed by atoms with Crippen molar-refractivity contribution >= 4 is 49.1 Å². The van der Waals surface area contributed by atoms with Crippen molar-refractivity contribution in [3.8, 4) is 33.0 Å². The Hall–Kier alpha value is -4.87. The average Bonchev–Trinajstić information content (AvgIpc) is 3.59. The monoisotopic (exact) mass is 504 g/mol. The van der Waals surface area contributed by atoms with Crippen LogP contribution >= 0.6 is 11.3 Å². The smallest absolute Gasteiger partial charge is 0.165 e. The van der Waals surface area contributed by atoms with Crippen LogP contribution in [0, 0.1) is 0 Å². The first-order valence-electron chi connectivity index (χ1n) is 12.5. The first-order valence-corrected chi connectivity index (χ1v) is 13.4. The molecule has 0 bridgehead atoms. The topological polar surface area (TPSA) is 43.1 Å². The van der Waals surface area contributed by atoms with E-state index in [0.717, 1.165) is 66.1 Å². The zero-order valence-electron chi connectivity index (χ0n) is 20.2. The quantitative estimate of drug-likeness (QED) is 0.242. The molecule has 5 heteroatoms. The summed E-state index contributed by atoms with van der Waals surface area (Å²) in [6.45, 7) is 0. The van der Waals surface area contributed by atoms with Crippen molar-refractivity contribution in [2.24, 2.45) is 0 Å². The fourth-order valence-electron chi connectivity index (χ4n) is 5.23. The van der Waals surface area contributed by atoms with E-state index >= 15 is 0 Å². The Morgan fingerprint density at radius 3 is 2.13 bits per heavy atom. The molecule has 4 nitrogen and oxygen atoms in total. The molecular weight excluding hydrogens is 484 g/mol. The fraction of sp³-hybridized carbons (Fsp3) is 0. The van der Waals surface area contributed by atoms with E-state index in [1.165, 1.54) is 4.70 Å². The molecule has 0 saturated carbocycles. The molecule has 0 N–H and O–H groups in total. The Morgan fingerprint density at radius 1 is 0.553 bits per heavy atom. The van der Waals surface area contributed by atoms with Crippen molar-refractivity contribution in [3.63, 3.8) is 0 Å². The van der Waals surface area contributed by atoms with Gasteiger partial charge in [0.1, 0.15) is 16.2 Å². The number of aromatic nitrogens is 4. The molecule has 4 aromatic heterocycles. The zero-order chi connectivity index (χ0) is 25.1. The second kappa shape index (κ2) is 8.33. The third-order valence-corrected chi connectivity index (χ3v) is 8.12. The Labute approximate surface area is 222 Å². The van der Waals surface area contributed by atoms with Crippen LogP contribution < -0.4 is 0 Å². The van der Waals surface area contributed by atoms with Gasteiger partial charge in [-0.05, 0) is 47.5 Å². The lowest BCUT2D eigenvalue weighted by atomic mass is 9.98. The van der Waals surface area contributed by atoms with Gasteiger partial charge in [-0.25, -0.2) is 15.0 Å². The van der Waals surface area contributed by atoms with E-state index in [-0.39, 0.29) is 0 Å². The summed E-state index contributed by atoms with van der Waals surface area (Å²) in [5.41, 5.74) is 9.22. The van der Waals surface area contributed by atoms with Gasteiger partial charge in [0.25, 0.3) is 0 Å². The number of fused-ring (bicyclic) bond motifs is 6. The van der Waals surface area contributed by atoms with Crippen molar-refractivity contribution in [3.05, 3.63) is 121 Å². The van der Waals surface area contributed by atoms with Crippen LogP contribution in [0.4, 0.5) is 0 Å². The van der Waals surface area contributed by atoms with E-state index in [4.69, 9.17) is 15.0 Å². The number of pyridine rings is 2. The van der Waals surface area contributed by atoms with Crippen LogP contribution in [0.15, 0.2) is 121 Å². The van der Waals surface area contributed by atoms with Gasteiger partial charge in [0, 0.05) is 28.1 Å². The standard InChI is InChI=1S/C33H20N4S/c1-2-14-26-25(13-1)30(36-32-31(26)35-29-17-5-6-18-37(29)32)23-11-7-9-21(19-23)22-10-8-12-24(20-22)33-34-27-15-3-4-16-28(27)38-33/h1-20H. The molecule has 0 fully saturated rings. The molecule has 0 aliphatic heterocycles. The summed E-state index contributed by atoms with van der Waals surface area (Å²) in [6, 6.07) is 40.1. The number of thiazole rings is 1. The van der Waals surface area contributed by atoms with Crippen molar-refractivity contribution < 1.29 is 0 Å². The van der Waals surface area contributed by atoms with Crippen LogP contribution in [-0.4, -0.2) is 19.4 Å². The van der Waals surface area contributed by atoms with Gasteiger partial charge >= 0.3 is 0 Å². The predicted octanol–water partition coefficient (Wildman–Crippen LogP) is 8.65. The first-order chi connectivity index (χ1) is 18.8. The van der Waals surface area contributed by atoms with E-state index in [0.29, 0.717) is 0 Å². The van der Waals surface area contributed by atoms with Gasteiger partial charge in [-0.2, -0.15) is 0 Å². The zero-order valence-corrected chi connectivity index (χ0v) is 21.1. The summed E-state index contributed by atoms with van der Waals surface area (Å²) >= 11 is 1.73. The highest BCUT2D eigenvalue weighted by Gasteiger charge is 2.15. The largest absolute Gasteiger partial charge is 0.284 e. The summed E-state index contributed by atoms with van der Waals surface area (Å²) in [4.78, 5) is 14.9. The van der Waals surface area contributed by atoms with Gasteiger partial charge in [0.2, 0.25) is 0 Å². The highest BCUT2D eigenvalue weighted by atomic mass is 32.1. The third kappa shape index (κ3) is 3.33. The molecule has 0 aliphatic carbocycles. The summed E-state index contributed by atoms with van der Waals surface area (Å²) in [5, 5.41) is 3.25. The van der Waals surface area contributed by atoms with Crippen LogP contribution in [0.5, 0.6) is 0 Å². The SMILES string of the molecule is c1cc(-c2cccc(-c3nc4c(nc5ccccn54)c4ccccc34)c2)cc(-c2nc3ccccc3s2)c1. The van der Waals surface area contributed by atoms with Gasteiger partial charge in [-0.1, -0.05) is 78.9 Å². The Bertz CT molecular complexity index is 2120. The molecule has 0 unspecified atom stereocenters. The minimum Gasteiger partial charge on any atom is -0.284 e. The molecule has 4 heterocycles. The van der Waals surface area contributed by atoms with E-state index in [2.05, 4.69) is 95.4 Å². The number of nitrogens with zero attached hydrogens (tertiary/aromatic N) is 4. The Kier molecular flexibility index (Phi) is 4.66. The first kappa shape index (κ1) is 21.2. The lowest BCUT2D eigenvalue weighted by Gasteiger charge is -2.10. The minimum atomic E-state index is 0.873. The summed E-state index contributed by atoms with van der Waals surface area (Å²) in [5.74, 6) is 0. The second-order valence-electron chi connectivity index (χ2n) is 9.37. The molecule has 0 saturated heterocycles. The molecule has 0 atom stereocenters. The Balaban J connectivity index is 1.29. The molecule has 0 radical (unpaired) electrons. The maximum atomic E-state index is 5.18. The number of hydrogen-bond acceptors (Lipinski definition) is 4. The maximum Gasteiger partial charge on any atom is 0.165 e. The maximum absolute atomic E-state index is 5.18. The molecule has 178 valence electrons. The number of benzene rings is 4. The van der Waals surface area contributed by atoms with Crippen molar-refractivity contribution in [1.82, 2.24) is 19.4 Å². The van der Waals surface area contributed by atoms with Gasteiger partial charge in [-0.15, -0.1) is 11.3 Å². The normalized spacial score (nSPS) is 11.7. The average molecular weight is 505 g/mol. The van der Waals surface area contributed by atoms with Crippen molar-refractivity contribution in [2.75, 3.05) is 0 Å². The lowest BCUT2D eigenvalue weighted by Crippen LogP contribution is -1.92. The fourth-order valence-corrected chi connectivity index (χ4v) is 6.19. The molecule has 0 aliphatic rings.